The Kier molecular flexibility index (Phi) is 3.82. The molecule has 0 bridgehead atoms. The molecule has 0 amide bonds. The van der Waals surface area contributed by atoms with E-state index in [1.54, 1.807) is 0 Å². The van der Waals surface area contributed by atoms with Crippen molar-refractivity contribution in [2.45, 2.75) is 6.04 Å². The summed E-state index contributed by atoms with van der Waals surface area (Å²) in [7, 11) is 1.95. The van der Waals surface area contributed by atoms with Crippen LogP contribution in [0, 0.1) is 0 Å². The quantitative estimate of drug-likeness (QED) is 0.851. The van der Waals surface area contributed by atoms with Crippen LogP contribution in [-0.4, -0.2) is 7.05 Å². The normalized spacial score (nSPS) is 12.4. The molecular weight excluding hydrogens is 276 g/mol. The van der Waals surface area contributed by atoms with E-state index in [2.05, 4.69) is 39.4 Å². The lowest BCUT2D eigenvalue weighted by Crippen LogP contribution is -2.17. The highest BCUT2D eigenvalue weighted by Gasteiger charge is 2.11. The number of nitrogens with one attached hydrogen (secondary N) is 1. The Hall–Kier alpha value is -1.32. The van der Waals surface area contributed by atoms with Gasteiger partial charge < -0.3 is 11.1 Å². The zero-order chi connectivity index (χ0) is 12.3. The molecule has 0 saturated carbocycles. The van der Waals surface area contributed by atoms with Crippen molar-refractivity contribution in [1.29, 1.82) is 0 Å². The number of nitrogens with two attached hydrogens (primary N) is 1. The lowest BCUT2D eigenvalue weighted by Gasteiger charge is -2.17. The van der Waals surface area contributed by atoms with Gasteiger partial charge >= 0.3 is 0 Å². The molecule has 0 aliphatic carbocycles. The third kappa shape index (κ3) is 2.87. The number of benzene rings is 2. The van der Waals surface area contributed by atoms with Crippen LogP contribution in [0.1, 0.15) is 17.2 Å². The Balaban J connectivity index is 2.36. The maximum Gasteiger partial charge on any atom is 0.0575 e. The summed E-state index contributed by atoms with van der Waals surface area (Å²) in [6.07, 6.45) is 0. The highest BCUT2D eigenvalue weighted by molar-refractivity contribution is 9.10. The Morgan fingerprint density at radius 3 is 2.35 bits per heavy atom. The fraction of sp³-hybridized carbons (Fsp3) is 0.143. The van der Waals surface area contributed by atoms with Crippen LogP contribution in [0.3, 0.4) is 0 Å². The van der Waals surface area contributed by atoms with E-state index >= 15 is 0 Å². The number of hydrogen-bond donors (Lipinski definition) is 2. The van der Waals surface area contributed by atoms with Crippen molar-refractivity contribution in [3.63, 3.8) is 0 Å². The number of halogens is 1. The van der Waals surface area contributed by atoms with E-state index in [0.29, 0.717) is 0 Å². The van der Waals surface area contributed by atoms with E-state index in [4.69, 9.17) is 5.73 Å². The van der Waals surface area contributed by atoms with Gasteiger partial charge in [0, 0.05) is 10.2 Å². The third-order valence-electron chi connectivity index (χ3n) is 2.74. The SMILES string of the molecule is CNC(c1ccc(Br)cc1)c1cccc(N)c1. The minimum atomic E-state index is 0.173. The molecule has 0 fully saturated rings. The van der Waals surface area contributed by atoms with E-state index in [1.165, 1.54) is 11.1 Å². The van der Waals surface area contributed by atoms with Gasteiger partial charge in [0.05, 0.1) is 6.04 Å². The summed E-state index contributed by atoms with van der Waals surface area (Å²) >= 11 is 3.44. The van der Waals surface area contributed by atoms with Gasteiger partial charge in [0.1, 0.15) is 0 Å². The predicted octanol–water partition coefficient (Wildman–Crippen LogP) is 3.34. The molecule has 2 aromatic carbocycles. The second-order valence-corrected chi connectivity index (χ2v) is 4.86. The van der Waals surface area contributed by atoms with Gasteiger partial charge in [-0.05, 0) is 42.4 Å². The first-order valence-electron chi connectivity index (χ1n) is 5.49. The van der Waals surface area contributed by atoms with Gasteiger partial charge in [-0.3, -0.25) is 0 Å². The molecule has 3 heteroatoms. The first-order valence-corrected chi connectivity index (χ1v) is 6.28. The number of anilines is 1. The summed E-state index contributed by atoms with van der Waals surface area (Å²) in [4.78, 5) is 0. The zero-order valence-corrected chi connectivity index (χ0v) is 11.2. The standard InChI is InChI=1S/C14H15BrN2/c1-17-14(10-5-7-12(15)8-6-10)11-3-2-4-13(16)9-11/h2-9,14,17H,16H2,1H3. The fourth-order valence-corrected chi connectivity index (χ4v) is 2.18. The summed E-state index contributed by atoms with van der Waals surface area (Å²) in [5.41, 5.74) is 9.01. The van der Waals surface area contributed by atoms with Crippen LogP contribution in [0.2, 0.25) is 0 Å². The van der Waals surface area contributed by atoms with Crippen LogP contribution in [0.4, 0.5) is 5.69 Å². The predicted molar refractivity (Wildman–Crippen MR) is 75.9 cm³/mol. The average molecular weight is 291 g/mol. The van der Waals surface area contributed by atoms with Crippen LogP contribution >= 0.6 is 15.9 Å². The van der Waals surface area contributed by atoms with Gasteiger partial charge in [-0.1, -0.05) is 40.2 Å². The Morgan fingerprint density at radius 1 is 1.06 bits per heavy atom. The van der Waals surface area contributed by atoms with Gasteiger partial charge in [0.15, 0.2) is 0 Å². The van der Waals surface area contributed by atoms with Crippen molar-refractivity contribution >= 4 is 21.6 Å². The smallest absolute Gasteiger partial charge is 0.0575 e. The van der Waals surface area contributed by atoms with E-state index < -0.39 is 0 Å². The number of rotatable bonds is 3. The zero-order valence-electron chi connectivity index (χ0n) is 9.65. The molecule has 0 heterocycles. The highest BCUT2D eigenvalue weighted by atomic mass is 79.9. The maximum atomic E-state index is 5.82. The lowest BCUT2D eigenvalue weighted by molar-refractivity contribution is 0.692. The van der Waals surface area contributed by atoms with Gasteiger partial charge in [-0.25, -0.2) is 0 Å². The summed E-state index contributed by atoms with van der Waals surface area (Å²) in [6.45, 7) is 0. The van der Waals surface area contributed by atoms with Crippen molar-refractivity contribution < 1.29 is 0 Å². The fourth-order valence-electron chi connectivity index (χ4n) is 1.92. The molecule has 1 unspecified atom stereocenters. The average Bonchev–Trinajstić information content (AvgIpc) is 2.33. The molecule has 2 aromatic rings. The van der Waals surface area contributed by atoms with Crippen molar-refractivity contribution in [2.75, 3.05) is 12.8 Å². The van der Waals surface area contributed by atoms with Gasteiger partial charge in [-0.15, -0.1) is 0 Å². The molecule has 0 aromatic heterocycles. The third-order valence-corrected chi connectivity index (χ3v) is 3.26. The molecular formula is C14H15BrN2. The highest BCUT2D eigenvalue weighted by Crippen LogP contribution is 2.24. The van der Waals surface area contributed by atoms with Crippen molar-refractivity contribution in [3.05, 3.63) is 64.1 Å². The molecule has 3 N–H and O–H groups in total. The summed E-state index contributed by atoms with van der Waals surface area (Å²) in [5.74, 6) is 0. The summed E-state index contributed by atoms with van der Waals surface area (Å²) in [6, 6.07) is 16.4. The second-order valence-electron chi connectivity index (χ2n) is 3.94. The second kappa shape index (κ2) is 5.34. The monoisotopic (exact) mass is 290 g/mol. The van der Waals surface area contributed by atoms with Crippen molar-refractivity contribution in [2.24, 2.45) is 0 Å². The molecule has 0 saturated heterocycles. The van der Waals surface area contributed by atoms with Crippen molar-refractivity contribution in [3.8, 4) is 0 Å². The summed E-state index contributed by atoms with van der Waals surface area (Å²) in [5, 5.41) is 3.31. The van der Waals surface area contributed by atoms with Gasteiger partial charge in [0.25, 0.3) is 0 Å². The molecule has 88 valence electrons. The Bertz CT molecular complexity index is 494. The molecule has 0 spiro atoms. The van der Waals surface area contributed by atoms with Gasteiger partial charge in [-0.2, -0.15) is 0 Å². The van der Waals surface area contributed by atoms with E-state index in [-0.39, 0.29) is 6.04 Å². The number of nitrogen functional groups attached to an aromatic ring is 1. The Labute approximate surface area is 110 Å². The Morgan fingerprint density at radius 2 is 1.76 bits per heavy atom. The van der Waals surface area contributed by atoms with Crippen LogP contribution in [0.15, 0.2) is 53.0 Å². The minimum absolute atomic E-state index is 0.173. The van der Waals surface area contributed by atoms with Crippen LogP contribution in [0.5, 0.6) is 0 Å². The largest absolute Gasteiger partial charge is 0.399 e. The molecule has 0 radical (unpaired) electrons. The van der Waals surface area contributed by atoms with Gasteiger partial charge in [0.2, 0.25) is 0 Å². The number of hydrogen-bond acceptors (Lipinski definition) is 2. The summed E-state index contributed by atoms with van der Waals surface area (Å²) < 4.78 is 1.09. The van der Waals surface area contributed by atoms with Crippen LogP contribution in [-0.2, 0) is 0 Å². The molecule has 2 rings (SSSR count). The molecule has 0 aliphatic heterocycles. The molecule has 17 heavy (non-hydrogen) atoms. The minimum Gasteiger partial charge on any atom is -0.399 e. The van der Waals surface area contributed by atoms with Crippen molar-refractivity contribution in [1.82, 2.24) is 5.32 Å². The first-order chi connectivity index (χ1) is 8.20. The topological polar surface area (TPSA) is 38.0 Å². The maximum absolute atomic E-state index is 5.82. The lowest BCUT2D eigenvalue weighted by atomic mass is 9.98. The van der Waals surface area contributed by atoms with E-state index in [9.17, 15) is 0 Å². The molecule has 0 aliphatic rings. The van der Waals surface area contributed by atoms with E-state index in [1.807, 2.05) is 37.4 Å². The molecule has 2 nitrogen and oxygen atoms in total. The van der Waals surface area contributed by atoms with E-state index in [0.717, 1.165) is 10.2 Å². The van der Waals surface area contributed by atoms with Crippen LogP contribution in [0.25, 0.3) is 0 Å². The first kappa shape index (κ1) is 12.1. The van der Waals surface area contributed by atoms with Crippen LogP contribution < -0.4 is 11.1 Å². The molecule has 1 atom stereocenters.